The maximum Gasteiger partial charge on any atom is 4.00 e. The minimum atomic E-state index is -0.101. The molecule has 3 nitrogen and oxygen atoms in total. The summed E-state index contributed by atoms with van der Waals surface area (Å²) in [5.41, 5.74) is 11.6. The average Bonchev–Trinajstić information content (AvgIpc) is 3.19. The molecule has 8 aliphatic carbocycles. The van der Waals surface area contributed by atoms with Crippen LogP contribution in [0.3, 0.4) is 0 Å². The van der Waals surface area contributed by atoms with Gasteiger partial charge in [0.25, 0.3) is 0 Å². The van der Waals surface area contributed by atoms with Gasteiger partial charge in [0, 0.05) is 11.1 Å². The summed E-state index contributed by atoms with van der Waals surface area (Å²) in [6.45, 7) is 13.7. The fourth-order valence-corrected chi connectivity index (χ4v) is 14.8. The summed E-state index contributed by atoms with van der Waals surface area (Å²) in [5, 5.41) is 30.3. The molecule has 13 rings (SSSR count). The fourth-order valence-electron chi connectivity index (χ4n) is 14.8. The van der Waals surface area contributed by atoms with E-state index in [4.69, 9.17) is 4.98 Å². The first-order chi connectivity index (χ1) is 28.6. The molecule has 326 valence electrons. The maximum absolute atomic E-state index is 15.1. The van der Waals surface area contributed by atoms with Crippen molar-refractivity contribution in [2.75, 3.05) is 0 Å². The molecule has 0 amide bonds. The number of hydrogen-bond donors (Lipinski definition) is 0. The molecule has 0 radical (unpaired) electrons. The Labute approximate surface area is 399 Å². The van der Waals surface area contributed by atoms with Crippen LogP contribution in [0.2, 0.25) is 0 Å². The van der Waals surface area contributed by atoms with Gasteiger partial charge in [-0.2, -0.15) is 0 Å². The fraction of sp³-hybridized carbons (Fsp3) is 0.475. The van der Waals surface area contributed by atoms with Gasteiger partial charge in [-0.1, -0.05) is 132 Å². The van der Waals surface area contributed by atoms with Crippen molar-refractivity contribution >= 4 is 0 Å². The molecule has 4 aromatic carbocycles. The molecule has 0 N–H and O–H groups in total. The van der Waals surface area contributed by atoms with E-state index in [1.54, 1.807) is 0 Å². The van der Waals surface area contributed by atoms with E-state index >= 15 is 10.2 Å². The second-order valence-corrected chi connectivity index (χ2v) is 23.2. The van der Waals surface area contributed by atoms with Gasteiger partial charge in [-0.05, 0) is 191 Å². The molecule has 0 spiro atoms. The van der Waals surface area contributed by atoms with Gasteiger partial charge in [-0.25, -0.2) is 4.98 Å². The summed E-state index contributed by atoms with van der Waals surface area (Å²) >= 11 is 0. The van der Waals surface area contributed by atoms with Gasteiger partial charge in [0.05, 0.1) is 11.4 Å². The molecule has 0 unspecified atom stereocenters. The van der Waals surface area contributed by atoms with Crippen molar-refractivity contribution in [3.63, 3.8) is 0 Å². The van der Waals surface area contributed by atoms with Crippen LogP contribution in [-0.4, -0.2) is 4.98 Å². The van der Waals surface area contributed by atoms with Crippen molar-refractivity contribution in [3.8, 4) is 56.3 Å². The van der Waals surface area contributed by atoms with Gasteiger partial charge < -0.3 is 25.1 Å². The average molecular weight is 915 g/mol. The van der Waals surface area contributed by atoms with Crippen LogP contribution in [0.15, 0.2) is 91.0 Å². The zero-order valence-electron chi connectivity index (χ0n) is 39.4. The molecule has 0 saturated heterocycles. The topological polar surface area (TPSA) is 59.0 Å². The molecule has 8 saturated carbocycles. The van der Waals surface area contributed by atoms with Crippen molar-refractivity contribution in [1.82, 2.24) is 4.98 Å². The Bertz CT molecular complexity index is 2280. The quantitative estimate of drug-likeness (QED) is 0.159. The van der Waals surface area contributed by atoms with E-state index in [0.29, 0.717) is 0 Å². The monoisotopic (exact) mass is 913 g/mol. The van der Waals surface area contributed by atoms with Crippen LogP contribution >= 0.6 is 0 Å². The Morgan fingerprint density at radius 2 is 0.730 bits per heavy atom. The molecule has 8 bridgehead atoms. The predicted octanol–water partition coefficient (Wildman–Crippen LogP) is 14.3. The normalized spacial score (nSPS) is 28.9. The number of rotatable bonds is 6. The van der Waals surface area contributed by atoms with E-state index in [-0.39, 0.29) is 74.2 Å². The summed E-state index contributed by atoms with van der Waals surface area (Å²) < 4.78 is 0. The van der Waals surface area contributed by atoms with Crippen LogP contribution in [0.4, 0.5) is 0 Å². The molecule has 4 heteroatoms. The molecular formula is C59H69NO2Zr. The van der Waals surface area contributed by atoms with Gasteiger partial charge in [0.2, 0.25) is 0 Å². The van der Waals surface area contributed by atoms with Crippen LogP contribution in [0, 0.1) is 50.4 Å². The van der Waals surface area contributed by atoms with Gasteiger partial charge in [0.15, 0.2) is 0 Å². The SMILES string of the molecule is CC(C)(C)c1cc(-c2ccccc2-c2cccc(-c3ccccc3-c3cc(C(C)(C)C)cc(C45CC6CC(CC(C6)C4)C5)c3[O-])n2)c([O-])c(C23CC4CC(CC(C4)C2)C3)c1.[CH3-].[CH3-].[Zr+4]. The maximum atomic E-state index is 15.1. The Hall–Kier alpha value is -3.49. The zero-order chi connectivity index (χ0) is 41.3. The molecule has 5 aromatic rings. The largest absolute Gasteiger partial charge is 4.00 e. The second kappa shape index (κ2) is 16.4. The first-order valence-electron chi connectivity index (χ1n) is 23.5. The Morgan fingerprint density at radius 3 is 1.03 bits per heavy atom. The molecular weight excluding hydrogens is 846 g/mol. The summed E-state index contributed by atoms with van der Waals surface area (Å²) in [6.07, 6.45) is 15.1. The van der Waals surface area contributed by atoms with Crippen LogP contribution in [0.1, 0.15) is 141 Å². The van der Waals surface area contributed by atoms with Gasteiger partial charge in [-0.3, -0.25) is 0 Å². The molecule has 0 atom stereocenters. The molecule has 8 fully saturated rings. The first-order valence-corrected chi connectivity index (χ1v) is 23.5. The van der Waals surface area contributed by atoms with E-state index < -0.39 is 0 Å². The first kappa shape index (κ1) is 46.1. The summed E-state index contributed by atoms with van der Waals surface area (Å²) in [4.78, 5) is 5.44. The number of hydrogen-bond acceptors (Lipinski definition) is 3. The Balaban J connectivity index is 0.00000181. The van der Waals surface area contributed by atoms with Crippen LogP contribution in [0.5, 0.6) is 11.5 Å². The minimum Gasteiger partial charge on any atom is -0.872 e. The van der Waals surface area contributed by atoms with Crippen molar-refractivity contribution < 1.29 is 36.4 Å². The van der Waals surface area contributed by atoms with E-state index in [2.05, 4.69) is 133 Å². The summed E-state index contributed by atoms with van der Waals surface area (Å²) in [7, 11) is 0. The standard InChI is InChI=1S/C57H65NO2.2CH3.Zr/c1-54(2,3)40-24-46(52(59)48(26-40)56-28-34-18-35(29-56)20-36(19-34)30-56)42-12-7-9-14-44(42)50-16-11-17-51(58-50)45-15-10-8-13-43(45)47-25-41(55(4,5)6)27-49(53(47)60)57-31-37-21-38(32-57)23-39(22-37)33-57;;;/h7-17,24-27,34-39,59-60H,18-23,28-33H2,1-6H3;2*1H3;/q;2*-1;+4/p-2. The third kappa shape index (κ3) is 7.83. The molecule has 1 aromatic heterocycles. The Kier molecular flexibility index (Phi) is 12.0. The van der Waals surface area contributed by atoms with Crippen molar-refractivity contribution in [3.05, 3.63) is 128 Å². The van der Waals surface area contributed by atoms with Crippen LogP contribution < -0.4 is 10.2 Å². The van der Waals surface area contributed by atoms with Gasteiger partial charge in [0.1, 0.15) is 0 Å². The molecule has 8 aliphatic rings. The number of aromatic nitrogens is 1. The molecule has 1 heterocycles. The molecule has 63 heavy (non-hydrogen) atoms. The van der Waals surface area contributed by atoms with Crippen LogP contribution in [0.25, 0.3) is 44.8 Å². The Morgan fingerprint density at radius 1 is 0.429 bits per heavy atom. The van der Waals surface area contributed by atoms with E-state index in [0.717, 1.165) is 91.4 Å². The van der Waals surface area contributed by atoms with E-state index in [9.17, 15) is 0 Å². The second-order valence-electron chi connectivity index (χ2n) is 23.2. The van der Waals surface area contributed by atoms with Crippen LogP contribution in [-0.2, 0) is 47.9 Å². The third-order valence-electron chi connectivity index (χ3n) is 16.9. The number of benzene rings is 4. The number of nitrogens with zero attached hydrogens (tertiary/aromatic N) is 1. The van der Waals surface area contributed by atoms with Crippen molar-refractivity contribution in [1.29, 1.82) is 0 Å². The zero-order valence-corrected chi connectivity index (χ0v) is 41.8. The minimum absolute atomic E-state index is 0. The van der Waals surface area contributed by atoms with Crippen molar-refractivity contribution in [2.24, 2.45) is 35.5 Å². The molecule has 0 aliphatic heterocycles. The van der Waals surface area contributed by atoms with E-state index in [1.807, 2.05) is 0 Å². The summed E-state index contributed by atoms with van der Waals surface area (Å²) in [6, 6.07) is 32.2. The van der Waals surface area contributed by atoms with Crippen molar-refractivity contribution in [2.45, 2.75) is 140 Å². The van der Waals surface area contributed by atoms with E-state index in [1.165, 1.54) is 88.2 Å². The third-order valence-corrected chi connectivity index (χ3v) is 16.9. The predicted molar refractivity (Wildman–Crippen MR) is 255 cm³/mol. The number of pyridine rings is 1. The van der Waals surface area contributed by atoms with Gasteiger partial charge >= 0.3 is 26.2 Å². The van der Waals surface area contributed by atoms with Gasteiger partial charge in [-0.15, -0.1) is 0 Å². The summed E-state index contributed by atoms with van der Waals surface area (Å²) in [5.74, 6) is 5.00. The smallest absolute Gasteiger partial charge is 0.872 e.